The summed E-state index contributed by atoms with van der Waals surface area (Å²) in [6, 6.07) is 2.37. The average Bonchev–Trinajstić information content (AvgIpc) is 2.89. The van der Waals surface area contributed by atoms with Crippen molar-refractivity contribution >= 4 is 5.57 Å². The molecule has 0 radical (unpaired) electrons. The van der Waals surface area contributed by atoms with Crippen molar-refractivity contribution < 1.29 is 0 Å². The Morgan fingerprint density at radius 2 is 2.00 bits per heavy atom. The molecule has 1 aromatic rings. The fraction of sp³-hybridized carbons (Fsp3) is 0.500. The van der Waals surface area contributed by atoms with Crippen LogP contribution in [0, 0.1) is 0 Å². The highest BCUT2D eigenvalue weighted by atomic mass is 15.0. The standard InChI is InChI=1S/C20H29N/c1-7-20(6,8-2)18-12-19-16(5)11-17(10-9-15(3)4)13-21(19)14-18/h9-10,12,14H,5,7-8,11,13H2,1-4,6H3/b17-10+. The quantitative estimate of drug-likeness (QED) is 0.650. The van der Waals surface area contributed by atoms with Gasteiger partial charge in [0.15, 0.2) is 0 Å². The summed E-state index contributed by atoms with van der Waals surface area (Å²) in [6.45, 7) is 16.5. The first-order chi connectivity index (χ1) is 9.89. The third-order valence-electron chi connectivity index (χ3n) is 4.98. The molecule has 0 fully saturated rings. The Morgan fingerprint density at radius 1 is 1.33 bits per heavy atom. The SMILES string of the molecule is C=C1C/C(=C\C=C(C)C)Cn2cc(C(C)(CC)CC)cc21. The van der Waals surface area contributed by atoms with Crippen molar-refractivity contribution in [2.45, 2.75) is 65.8 Å². The van der Waals surface area contributed by atoms with Gasteiger partial charge in [-0.1, -0.05) is 45.1 Å². The van der Waals surface area contributed by atoms with Crippen LogP contribution in [0.25, 0.3) is 5.57 Å². The van der Waals surface area contributed by atoms with Gasteiger partial charge in [0.05, 0.1) is 0 Å². The summed E-state index contributed by atoms with van der Waals surface area (Å²) in [7, 11) is 0. The Labute approximate surface area is 130 Å². The fourth-order valence-electron chi connectivity index (χ4n) is 2.96. The lowest BCUT2D eigenvalue weighted by molar-refractivity contribution is 0.438. The van der Waals surface area contributed by atoms with Crippen LogP contribution in [0.4, 0.5) is 0 Å². The largest absolute Gasteiger partial charge is 0.343 e. The van der Waals surface area contributed by atoms with Crippen LogP contribution in [0.5, 0.6) is 0 Å². The molecule has 1 aliphatic rings. The molecule has 1 heteroatoms. The van der Waals surface area contributed by atoms with E-state index in [4.69, 9.17) is 0 Å². The van der Waals surface area contributed by atoms with Gasteiger partial charge in [0.25, 0.3) is 0 Å². The molecule has 0 N–H and O–H groups in total. The lowest BCUT2D eigenvalue weighted by Crippen LogP contribution is -2.18. The second-order valence-corrected chi connectivity index (χ2v) is 6.86. The first-order valence-electron chi connectivity index (χ1n) is 8.11. The minimum Gasteiger partial charge on any atom is -0.343 e. The lowest BCUT2D eigenvalue weighted by Gasteiger charge is -2.25. The van der Waals surface area contributed by atoms with E-state index in [-0.39, 0.29) is 5.41 Å². The van der Waals surface area contributed by atoms with E-state index in [1.165, 1.54) is 40.8 Å². The summed E-state index contributed by atoms with van der Waals surface area (Å²) in [5.41, 5.74) is 7.12. The highest BCUT2D eigenvalue weighted by Crippen LogP contribution is 2.37. The predicted molar refractivity (Wildman–Crippen MR) is 93.5 cm³/mol. The summed E-state index contributed by atoms with van der Waals surface area (Å²) in [6.07, 6.45) is 10.2. The molecule has 0 saturated carbocycles. The van der Waals surface area contributed by atoms with Crippen molar-refractivity contribution in [1.29, 1.82) is 0 Å². The van der Waals surface area contributed by atoms with E-state index in [1.54, 1.807) is 0 Å². The Balaban J connectivity index is 2.36. The molecule has 0 atom stereocenters. The molecular weight excluding hydrogens is 254 g/mol. The van der Waals surface area contributed by atoms with Gasteiger partial charge in [-0.15, -0.1) is 0 Å². The minimum absolute atomic E-state index is 0.286. The van der Waals surface area contributed by atoms with E-state index in [1.807, 2.05) is 0 Å². The molecule has 0 saturated heterocycles. The van der Waals surface area contributed by atoms with Crippen LogP contribution in [-0.2, 0) is 12.0 Å². The van der Waals surface area contributed by atoms with Gasteiger partial charge in [0.1, 0.15) is 0 Å². The van der Waals surface area contributed by atoms with Crippen LogP contribution < -0.4 is 0 Å². The number of aromatic nitrogens is 1. The van der Waals surface area contributed by atoms with Crippen LogP contribution in [0.2, 0.25) is 0 Å². The third kappa shape index (κ3) is 3.23. The van der Waals surface area contributed by atoms with Crippen molar-refractivity contribution in [1.82, 2.24) is 4.57 Å². The molecule has 114 valence electrons. The molecule has 0 aromatic carbocycles. The maximum absolute atomic E-state index is 4.30. The van der Waals surface area contributed by atoms with Gasteiger partial charge >= 0.3 is 0 Å². The number of nitrogens with zero attached hydrogens (tertiary/aromatic N) is 1. The van der Waals surface area contributed by atoms with Crippen LogP contribution in [0.15, 0.2) is 42.1 Å². The molecule has 1 aromatic heterocycles. The first kappa shape index (κ1) is 15.9. The van der Waals surface area contributed by atoms with Crippen LogP contribution in [-0.4, -0.2) is 4.57 Å². The Bertz CT molecular complexity index is 587. The smallest absolute Gasteiger partial charge is 0.0442 e. The Morgan fingerprint density at radius 3 is 2.57 bits per heavy atom. The van der Waals surface area contributed by atoms with Gasteiger partial charge in [-0.05, 0) is 61.3 Å². The summed E-state index contributed by atoms with van der Waals surface area (Å²) < 4.78 is 2.38. The molecule has 2 rings (SSSR count). The highest BCUT2D eigenvalue weighted by Gasteiger charge is 2.26. The summed E-state index contributed by atoms with van der Waals surface area (Å²) in [5.74, 6) is 0. The zero-order valence-electron chi connectivity index (χ0n) is 14.3. The zero-order valence-corrected chi connectivity index (χ0v) is 14.3. The van der Waals surface area contributed by atoms with Gasteiger partial charge in [0, 0.05) is 18.4 Å². The van der Waals surface area contributed by atoms with E-state index < -0.39 is 0 Å². The van der Waals surface area contributed by atoms with Crippen LogP contribution in [0.1, 0.15) is 65.1 Å². The van der Waals surface area contributed by atoms with Crippen molar-refractivity contribution in [3.8, 4) is 0 Å². The molecule has 0 spiro atoms. The monoisotopic (exact) mass is 283 g/mol. The molecule has 1 nitrogen and oxygen atoms in total. The molecular formula is C20H29N. The Kier molecular flexibility index (Phi) is 4.61. The maximum atomic E-state index is 4.30. The zero-order chi connectivity index (χ0) is 15.6. The molecule has 2 heterocycles. The van der Waals surface area contributed by atoms with Gasteiger partial charge in [-0.3, -0.25) is 0 Å². The van der Waals surface area contributed by atoms with E-state index in [0.29, 0.717) is 0 Å². The predicted octanol–water partition coefficient (Wildman–Crippen LogP) is 5.88. The van der Waals surface area contributed by atoms with Crippen molar-refractivity contribution in [2.75, 3.05) is 0 Å². The molecule has 1 aliphatic heterocycles. The van der Waals surface area contributed by atoms with E-state index in [2.05, 4.69) is 70.2 Å². The molecule has 21 heavy (non-hydrogen) atoms. The van der Waals surface area contributed by atoms with Crippen molar-refractivity contribution in [2.24, 2.45) is 0 Å². The minimum atomic E-state index is 0.286. The molecule has 0 bridgehead atoms. The number of hydrogen-bond donors (Lipinski definition) is 0. The van der Waals surface area contributed by atoms with Crippen LogP contribution in [0.3, 0.4) is 0 Å². The van der Waals surface area contributed by atoms with Gasteiger partial charge in [-0.25, -0.2) is 0 Å². The van der Waals surface area contributed by atoms with Gasteiger partial charge in [-0.2, -0.15) is 0 Å². The number of fused-ring (bicyclic) bond motifs is 1. The van der Waals surface area contributed by atoms with Crippen molar-refractivity contribution in [3.63, 3.8) is 0 Å². The Hall–Kier alpha value is -1.50. The number of rotatable bonds is 4. The second kappa shape index (κ2) is 6.09. The van der Waals surface area contributed by atoms with E-state index in [0.717, 1.165) is 13.0 Å². The number of allylic oxidation sites excluding steroid dienone is 5. The second-order valence-electron chi connectivity index (χ2n) is 6.86. The molecule has 0 aliphatic carbocycles. The first-order valence-corrected chi connectivity index (χ1v) is 8.11. The number of hydrogen-bond acceptors (Lipinski definition) is 0. The van der Waals surface area contributed by atoms with Crippen molar-refractivity contribution in [3.05, 3.63) is 53.4 Å². The summed E-state index contributed by atoms with van der Waals surface area (Å²) >= 11 is 0. The molecule has 0 unspecified atom stereocenters. The lowest BCUT2D eigenvalue weighted by atomic mass is 9.79. The normalized spacial score (nSPS) is 17.0. The van der Waals surface area contributed by atoms with E-state index >= 15 is 0 Å². The maximum Gasteiger partial charge on any atom is 0.0442 e. The summed E-state index contributed by atoms with van der Waals surface area (Å²) in [4.78, 5) is 0. The third-order valence-corrected chi connectivity index (χ3v) is 4.98. The average molecular weight is 283 g/mol. The summed E-state index contributed by atoms with van der Waals surface area (Å²) in [5, 5.41) is 0. The molecule has 0 amide bonds. The fourth-order valence-corrected chi connectivity index (χ4v) is 2.96. The highest BCUT2D eigenvalue weighted by molar-refractivity contribution is 5.66. The van der Waals surface area contributed by atoms with E-state index in [9.17, 15) is 0 Å². The van der Waals surface area contributed by atoms with Gasteiger partial charge in [0.2, 0.25) is 0 Å². The topological polar surface area (TPSA) is 4.93 Å². The van der Waals surface area contributed by atoms with Crippen LogP contribution >= 0.6 is 0 Å². The van der Waals surface area contributed by atoms with Gasteiger partial charge < -0.3 is 4.57 Å².